The van der Waals surface area contributed by atoms with Crippen LogP contribution >= 0.6 is 0 Å². The highest BCUT2D eigenvalue weighted by molar-refractivity contribution is 7.89. The predicted octanol–water partition coefficient (Wildman–Crippen LogP) is -1.37. The molecule has 0 bridgehead atoms. The van der Waals surface area contributed by atoms with E-state index < -0.39 is 10.0 Å². The molecule has 0 aliphatic rings. The molecule has 1 heterocycles. The van der Waals surface area contributed by atoms with E-state index in [4.69, 9.17) is 14.6 Å². The number of ether oxygens (including phenoxy) is 2. The molecule has 0 atom stereocenters. The molecule has 0 aromatic carbocycles. The number of aromatic nitrogens is 3. The maximum absolute atomic E-state index is 11.0. The van der Waals surface area contributed by atoms with Crippen molar-refractivity contribution in [1.82, 2.24) is 14.8 Å². The summed E-state index contributed by atoms with van der Waals surface area (Å²) in [5, 5.41) is 11.8. The van der Waals surface area contributed by atoms with Crippen LogP contribution in [0, 0.1) is 0 Å². The van der Waals surface area contributed by atoms with E-state index in [1.165, 1.54) is 11.6 Å². The highest BCUT2D eigenvalue weighted by Gasteiger charge is 2.18. The first kappa shape index (κ1) is 13.0. The fraction of sp³-hybridized carbons (Fsp3) is 0.714. The minimum absolute atomic E-state index is 0.155. The zero-order valence-corrected chi connectivity index (χ0v) is 9.90. The monoisotopic (exact) mass is 250 g/mol. The van der Waals surface area contributed by atoms with Gasteiger partial charge in [-0.2, -0.15) is 0 Å². The van der Waals surface area contributed by atoms with Crippen molar-refractivity contribution in [2.75, 3.05) is 20.3 Å². The van der Waals surface area contributed by atoms with Crippen LogP contribution in [0.5, 0.6) is 0 Å². The van der Waals surface area contributed by atoms with Gasteiger partial charge in [-0.05, 0) is 0 Å². The molecule has 0 fully saturated rings. The quantitative estimate of drug-likeness (QED) is 0.623. The first-order chi connectivity index (χ1) is 7.46. The molecule has 0 amide bonds. The molecule has 0 saturated carbocycles. The zero-order chi connectivity index (χ0) is 12.2. The van der Waals surface area contributed by atoms with E-state index >= 15 is 0 Å². The number of sulfonamides is 1. The van der Waals surface area contributed by atoms with Crippen LogP contribution in [0.25, 0.3) is 0 Å². The van der Waals surface area contributed by atoms with Crippen LogP contribution in [-0.2, 0) is 33.2 Å². The molecule has 92 valence electrons. The van der Waals surface area contributed by atoms with Crippen molar-refractivity contribution in [3.8, 4) is 0 Å². The molecule has 9 heteroatoms. The molecule has 0 aliphatic carbocycles. The van der Waals surface area contributed by atoms with Gasteiger partial charge in [0.05, 0.1) is 13.2 Å². The summed E-state index contributed by atoms with van der Waals surface area (Å²) in [7, 11) is -0.770. The van der Waals surface area contributed by atoms with Gasteiger partial charge in [-0.3, -0.25) is 0 Å². The minimum Gasteiger partial charge on any atom is -0.382 e. The summed E-state index contributed by atoms with van der Waals surface area (Å²) in [5.74, 6) is 0.389. The van der Waals surface area contributed by atoms with Crippen molar-refractivity contribution in [3.63, 3.8) is 0 Å². The zero-order valence-electron chi connectivity index (χ0n) is 9.08. The molecule has 0 radical (unpaired) electrons. The number of rotatable bonds is 6. The van der Waals surface area contributed by atoms with E-state index in [-0.39, 0.29) is 11.8 Å². The summed E-state index contributed by atoms with van der Waals surface area (Å²) < 4.78 is 33.3. The van der Waals surface area contributed by atoms with Crippen LogP contribution in [0.15, 0.2) is 5.16 Å². The molecule has 2 N–H and O–H groups in total. The molecule has 0 spiro atoms. The Morgan fingerprint density at radius 1 is 1.38 bits per heavy atom. The normalized spacial score (nSPS) is 11.9. The lowest BCUT2D eigenvalue weighted by Gasteiger charge is -2.03. The number of hydrogen-bond acceptors (Lipinski definition) is 6. The highest BCUT2D eigenvalue weighted by Crippen LogP contribution is 2.05. The molecule has 8 nitrogen and oxygen atoms in total. The number of hydrogen-bond donors (Lipinski definition) is 1. The summed E-state index contributed by atoms with van der Waals surface area (Å²) in [4.78, 5) is 0. The van der Waals surface area contributed by atoms with Crippen LogP contribution in [0.1, 0.15) is 5.82 Å². The van der Waals surface area contributed by atoms with E-state index in [1.54, 1.807) is 7.11 Å². The van der Waals surface area contributed by atoms with Crippen LogP contribution in [0.3, 0.4) is 0 Å². The lowest BCUT2D eigenvalue weighted by atomic mass is 10.6. The lowest BCUT2D eigenvalue weighted by Crippen LogP contribution is -2.18. The van der Waals surface area contributed by atoms with E-state index in [0.29, 0.717) is 19.0 Å². The van der Waals surface area contributed by atoms with Gasteiger partial charge in [0, 0.05) is 14.2 Å². The van der Waals surface area contributed by atoms with Crippen molar-refractivity contribution in [3.05, 3.63) is 5.82 Å². The SMILES string of the molecule is COCCOCc1nnc(S(N)(=O)=O)n1C. The van der Waals surface area contributed by atoms with E-state index in [1.807, 2.05) is 0 Å². The van der Waals surface area contributed by atoms with Crippen LogP contribution in [-0.4, -0.2) is 43.5 Å². The Morgan fingerprint density at radius 2 is 2.06 bits per heavy atom. The lowest BCUT2D eigenvalue weighted by molar-refractivity contribution is 0.0573. The van der Waals surface area contributed by atoms with Gasteiger partial charge in [-0.15, -0.1) is 10.2 Å². The first-order valence-corrected chi connectivity index (χ1v) is 5.99. The third kappa shape index (κ3) is 3.23. The molecule has 0 unspecified atom stereocenters. The second kappa shape index (κ2) is 5.34. The van der Waals surface area contributed by atoms with Gasteiger partial charge in [0.2, 0.25) is 0 Å². The van der Waals surface area contributed by atoms with Crippen LogP contribution in [0.2, 0.25) is 0 Å². The van der Waals surface area contributed by atoms with Crippen molar-refractivity contribution < 1.29 is 17.9 Å². The highest BCUT2D eigenvalue weighted by atomic mass is 32.2. The fourth-order valence-corrected chi connectivity index (χ4v) is 1.67. The molecular formula is C7H14N4O4S. The Kier molecular flexibility index (Phi) is 4.35. The van der Waals surface area contributed by atoms with Crippen LogP contribution in [0.4, 0.5) is 0 Å². The minimum atomic E-state index is -3.84. The van der Waals surface area contributed by atoms with Crippen molar-refractivity contribution in [2.45, 2.75) is 11.8 Å². The molecule has 0 aliphatic heterocycles. The molecule has 1 aromatic rings. The molecular weight excluding hydrogens is 236 g/mol. The van der Waals surface area contributed by atoms with Gasteiger partial charge in [0.25, 0.3) is 15.2 Å². The third-order valence-corrected chi connectivity index (χ3v) is 2.71. The van der Waals surface area contributed by atoms with Gasteiger partial charge in [-0.1, -0.05) is 0 Å². The van der Waals surface area contributed by atoms with E-state index in [0.717, 1.165) is 0 Å². The summed E-state index contributed by atoms with van der Waals surface area (Å²) in [6, 6.07) is 0. The summed E-state index contributed by atoms with van der Waals surface area (Å²) in [6.45, 7) is 1.01. The topological polar surface area (TPSA) is 109 Å². The first-order valence-electron chi connectivity index (χ1n) is 4.44. The summed E-state index contributed by atoms with van der Waals surface area (Å²) in [5.41, 5.74) is 0. The number of primary sulfonamides is 1. The largest absolute Gasteiger partial charge is 0.382 e. The van der Waals surface area contributed by atoms with Gasteiger partial charge >= 0.3 is 0 Å². The summed E-state index contributed by atoms with van der Waals surface area (Å²) in [6.07, 6.45) is 0. The third-order valence-electron chi connectivity index (χ3n) is 1.84. The molecule has 1 aromatic heterocycles. The maximum atomic E-state index is 11.0. The number of nitrogens with two attached hydrogens (primary N) is 1. The number of methoxy groups -OCH3 is 1. The van der Waals surface area contributed by atoms with Crippen molar-refractivity contribution in [1.29, 1.82) is 0 Å². The second-order valence-electron chi connectivity index (χ2n) is 3.05. The van der Waals surface area contributed by atoms with Gasteiger partial charge < -0.3 is 14.0 Å². The Labute approximate surface area is 93.4 Å². The Morgan fingerprint density at radius 3 is 2.56 bits per heavy atom. The second-order valence-corrected chi connectivity index (χ2v) is 4.50. The number of nitrogens with zero attached hydrogens (tertiary/aromatic N) is 3. The standard InChI is InChI=1S/C7H14N4O4S/c1-11-6(5-15-4-3-14-2)9-10-7(11)16(8,12)13/h3-5H2,1-2H3,(H2,8,12,13). The average molecular weight is 250 g/mol. The molecule has 16 heavy (non-hydrogen) atoms. The maximum Gasteiger partial charge on any atom is 0.273 e. The van der Waals surface area contributed by atoms with Gasteiger partial charge in [-0.25, -0.2) is 13.6 Å². The average Bonchev–Trinajstić information content (AvgIpc) is 2.54. The fourth-order valence-electron chi connectivity index (χ4n) is 1.02. The Bertz CT molecular complexity index is 441. The van der Waals surface area contributed by atoms with Crippen molar-refractivity contribution in [2.24, 2.45) is 12.2 Å². The summed E-state index contributed by atoms with van der Waals surface area (Å²) >= 11 is 0. The smallest absolute Gasteiger partial charge is 0.273 e. The predicted molar refractivity (Wildman–Crippen MR) is 53.9 cm³/mol. The molecule has 0 saturated heterocycles. The van der Waals surface area contributed by atoms with Gasteiger partial charge in [0.1, 0.15) is 6.61 Å². The van der Waals surface area contributed by atoms with Crippen LogP contribution < -0.4 is 5.14 Å². The van der Waals surface area contributed by atoms with Crippen molar-refractivity contribution >= 4 is 10.0 Å². The van der Waals surface area contributed by atoms with E-state index in [2.05, 4.69) is 10.2 Å². The molecule has 1 rings (SSSR count). The van der Waals surface area contributed by atoms with Gasteiger partial charge in [0.15, 0.2) is 5.82 Å². The Hall–Kier alpha value is -1.03. The van der Waals surface area contributed by atoms with E-state index in [9.17, 15) is 8.42 Å². The Balaban J connectivity index is 2.66.